The normalized spacial score (nSPS) is 14.1. The molecule has 3 amide bonds. The third-order valence-corrected chi connectivity index (χ3v) is 4.49. The van der Waals surface area contributed by atoms with E-state index in [1.807, 2.05) is 37.3 Å². The zero-order chi connectivity index (χ0) is 19.4. The SMILES string of the molecule is CCNC(=O)N1CCN(C(=O)c2nn(-c3ccccc3)c(C)cc2=O)CC1. The van der Waals surface area contributed by atoms with Crippen molar-refractivity contribution in [1.82, 2.24) is 24.9 Å². The van der Waals surface area contributed by atoms with Crippen molar-refractivity contribution in [1.29, 1.82) is 0 Å². The number of benzene rings is 1. The Bertz CT molecular complexity index is 886. The van der Waals surface area contributed by atoms with E-state index >= 15 is 0 Å². The van der Waals surface area contributed by atoms with Gasteiger partial charge in [0, 0.05) is 44.5 Å². The van der Waals surface area contributed by atoms with Gasteiger partial charge in [-0.15, -0.1) is 0 Å². The molecule has 0 spiro atoms. The smallest absolute Gasteiger partial charge is 0.317 e. The molecule has 0 bridgehead atoms. The van der Waals surface area contributed by atoms with Crippen LogP contribution in [0.5, 0.6) is 0 Å². The van der Waals surface area contributed by atoms with Gasteiger partial charge in [0.05, 0.1) is 5.69 Å². The zero-order valence-corrected chi connectivity index (χ0v) is 15.5. The van der Waals surface area contributed by atoms with E-state index in [9.17, 15) is 14.4 Å². The molecule has 3 rings (SSSR count). The number of hydrogen-bond acceptors (Lipinski definition) is 4. The molecule has 1 aliphatic rings. The highest BCUT2D eigenvalue weighted by atomic mass is 16.2. The molecule has 8 nitrogen and oxygen atoms in total. The van der Waals surface area contributed by atoms with Crippen LogP contribution < -0.4 is 10.7 Å². The Morgan fingerprint density at radius 2 is 1.70 bits per heavy atom. The Hall–Kier alpha value is -3.16. The Morgan fingerprint density at radius 1 is 1.07 bits per heavy atom. The van der Waals surface area contributed by atoms with Gasteiger partial charge in [0.1, 0.15) is 0 Å². The molecule has 0 atom stereocenters. The lowest BCUT2D eigenvalue weighted by Gasteiger charge is -2.34. The lowest BCUT2D eigenvalue weighted by Crippen LogP contribution is -2.53. The largest absolute Gasteiger partial charge is 0.338 e. The first-order valence-electron chi connectivity index (χ1n) is 8.99. The molecule has 1 aromatic carbocycles. The minimum Gasteiger partial charge on any atom is -0.338 e. The fraction of sp³-hybridized carbons (Fsp3) is 0.368. The second kappa shape index (κ2) is 8.03. The van der Waals surface area contributed by atoms with Crippen LogP contribution in [0.2, 0.25) is 0 Å². The number of rotatable bonds is 3. The average molecular weight is 369 g/mol. The summed E-state index contributed by atoms with van der Waals surface area (Å²) < 4.78 is 1.60. The third-order valence-electron chi connectivity index (χ3n) is 4.49. The Labute approximate surface area is 157 Å². The fourth-order valence-corrected chi connectivity index (χ4v) is 3.05. The van der Waals surface area contributed by atoms with Crippen LogP contribution in [-0.4, -0.2) is 64.2 Å². The maximum absolute atomic E-state index is 12.8. The van der Waals surface area contributed by atoms with Crippen LogP contribution in [0.25, 0.3) is 5.69 Å². The molecule has 1 saturated heterocycles. The van der Waals surface area contributed by atoms with E-state index in [1.165, 1.54) is 6.07 Å². The average Bonchev–Trinajstić information content (AvgIpc) is 2.68. The summed E-state index contributed by atoms with van der Waals surface area (Å²) in [5, 5.41) is 7.07. The lowest BCUT2D eigenvalue weighted by molar-refractivity contribution is 0.0656. The maximum Gasteiger partial charge on any atom is 0.317 e. The van der Waals surface area contributed by atoms with Gasteiger partial charge in [-0.1, -0.05) is 18.2 Å². The molecule has 1 fully saturated rings. The highest BCUT2D eigenvalue weighted by Gasteiger charge is 2.27. The van der Waals surface area contributed by atoms with Crippen molar-refractivity contribution in [3.8, 4) is 5.69 Å². The number of carbonyl (C=O) groups excluding carboxylic acids is 2. The summed E-state index contributed by atoms with van der Waals surface area (Å²) in [6.07, 6.45) is 0. The van der Waals surface area contributed by atoms with Gasteiger partial charge in [0.15, 0.2) is 5.69 Å². The summed E-state index contributed by atoms with van der Waals surface area (Å²) in [4.78, 5) is 40.3. The van der Waals surface area contributed by atoms with E-state index in [1.54, 1.807) is 21.4 Å². The van der Waals surface area contributed by atoms with Crippen molar-refractivity contribution < 1.29 is 9.59 Å². The van der Waals surface area contributed by atoms with Crippen LogP contribution in [0.1, 0.15) is 23.1 Å². The summed E-state index contributed by atoms with van der Waals surface area (Å²) in [6, 6.07) is 10.7. The first kappa shape index (κ1) is 18.6. The number of urea groups is 1. The second-order valence-corrected chi connectivity index (χ2v) is 6.36. The third kappa shape index (κ3) is 3.99. The van der Waals surface area contributed by atoms with Crippen molar-refractivity contribution in [3.05, 3.63) is 58.0 Å². The van der Waals surface area contributed by atoms with Crippen LogP contribution in [-0.2, 0) is 0 Å². The lowest BCUT2D eigenvalue weighted by atomic mass is 10.2. The van der Waals surface area contributed by atoms with E-state index in [2.05, 4.69) is 10.4 Å². The van der Waals surface area contributed by atoms with Crippen LogP contribution in [0.15, 0.2) is 41.2 Å². The summed E-state index contributed by atoms with van der Waals surface area (Å²) in [5.41, 5.74) is 0.945. The van der Waals surface area contributed by atoms with E-state index < -0.39 is 11.3 Å². The maximum atomic E-state index is 12.8. The molecule has 0 radical (unpaired) electrons. The van der Waals surface area contributed by atoms with Gasteiger partial charge >= 0.3 is 6.03 Å². The summed E-state index contributed by atoms with van der Waals surface area (Å²) in [6.45, 7) is 5.79. The standard InChI is InChI=1S/C19H23N5O3/c1-3-20-19(27)23-11-9-22(10-12-23)18(26)17-16(25)13-14(2)24(21-17)15-7-5-4-6-8-15/h4-8,13H,3,9-12H2,1-2H3,(H,20,27). The molecule has 2 aromatic rings. The molecule has 2 heterocycles. The molecule has 1 aromatic heterocycles. The second-order valence-electron chi connectivity index (χ2n) is 6.36. The number of aromatic nitrogens is 2. The van der Waals surface area contributed by atoms with Crippen molar-refractivity contribution in [3.63, 3.8) is 0 Å². The van der Waals surface area contributed by atoms with Crippen LogP contribution in [0.4, 0.5) is 4.79 Å². The first-order valence-corrected chi connectivity index (χ1v) is 8.99. The molecule has 0 saturated carbocycles. The van der Waals surface area contributed by atoms with Gasteiger partial charge in [-0.05, 0) is 26.0 Å². The minimum absolute atomic E-state index is 0.101. The molecule has 0 unspecified atom stereocenters. The van der Waals surface area contributed by atoms with Gasteiger partial charge in [0.25, 0.3) is 5.91 Å². The topological polar surface area (TPSA) is 87.5 Å². The highest BCUT2D eigenvalue weighted by molar-refractivity contribution is 5.92. The number of carbonyl (C=O) groups is 2. The van der Waals surface area contributed by atoms with E-state index in [4.69, 9.17) is 0 Å². The van der Waals surface area contributed by atoms with Crippen LogP contribution in [0, 0.1) is 6.92 Å². The van der Waals surface area contributed by atoms with Crippen molar-refractivity contribution >= 4 is 11.9 Å². The van der Waals surface area contributed by atoms with Crippen molar-refractivity contribution in [2.45, 2.75) is 13.8 Å². The quantitative estimate of drug-likeness (QED) is 0.875. The number of nitrogens with zero attached hydrogens (tertiary/aromatic N) is 4. The molecular weight excluding hydrogens is 346 g/mol. The zero-order valence-electron chi connectivity index (χ0n) is 15.5. The Morgan fingerprint density at radius 3 is 2.33 bits per heavy atom. The highest BCUT2D eigenvalue weighted by Crippen LogP contribution is 2.10. The van der Waals surface area contributed by atoms with Crippen LogP contribution in [0.3, 0.4) is 0 Å². The van der Waals surface area contributed by atoms with E-state index in [0.717, 1.165) is 5.69 Å². The summed E-state index contributed by atoms with van der Waals surface area (Å²) in [7, 11) is 0. The summed E-state index contributed by atoms with van der Waals surface area (Å²) in [5.74, 6) is -0.403. The number of aryl methyl sites for hydroxylation is 1. The number of amides is 3. The van der Waals surface area contributed by atoms with E-state index in [0.29, 0.717) is 38.4 Å². The van der Waals surface area contributed by atoms with Crippen LogP contribution >= 0.6 is 0 Å². The van der Waals surface area contributed by atoms with Gasteiger partial charge in [0.2, 0.25) is 5.43 Å². The number of piperazine rings is 1. The number of nitrogens with one attached hydrogen (secondary N) is 1. The van der Waals surface area contributed by atoms with Gasteiger partial charge < -0.3 is 15.1 Å². The van der Waals surface area contributed by atoms with Crippen molar-refractivity contribution in [2.75, 3.05) is 32.7 Å². The molecule has 27 heavy (non-hydrogen) atoms. The Kier molecular flexibility index (Phi) is 5.54. The summed E-state index contributed by atoms with van der Waals surface area (Å²) >= 11 is 0. The molecule has 1 N–H and O–H groups in total. The number of hydrogen-bond donors (Lipinski definition) is 1. The minimum atomic E-state index is -0.403. The van der Waals surface area contributed by atoms with Gasteiger partial charge in [-0.2, -0.15) is 5.10 Å². The predicted octanol–water partition coefficient (Wildman–Crippen LogP) is 1.03. The van der Waals surface area contributed by atoms with Gasteiger partial charge in [-0.3, -0.25) is 9.59 Å². The van der Waals surface area contributed by atoms with Gasteiger partial charge in [-0.25, -0.2) is 9.48 Å². The van der Waals surface area contributed by atoms with Crippen molar-refractivity contribution in [2.24, 2.45) is 0 Å². The monoisotopic (exact) mass is 369 g/mol. The number of para-hydroxylation sites is 1. The van der Waals surface area contributed by atoms with E-state index in [-0.39, 0.29) is 11.7 Å². The molecule has 1 aliphatic heterocycles. The first-order chi connectivity index (χ1) is 13.0. The fourth-order valence-electron chi connectivity index (χ4n) is 3.05. The molecule has 142 valence electrons. The predicted molar refractivity (Wildman–Crippen MR) is 101 cm³/mol. The molecular formula is C19H23N5O3. The Balaban J connectivity index is 1.80. The molecule has 0 aliphatic carbocycles. The molecule has 8 heteroatoms.